The molecule has 2 rings (SSSR count). The average Bonchev–Trinajstić information content (AvgIpc) is 2.46. The summed E-state index contributed by atoms with van der Waals surface area (Å²) in [6, 6.07) is 15.9. The number of pyridine rings is 1. The third-order valence-corrected chi connectivity index (χ3v) is 2.86. The fraction of sp³-hybridized carbons (Fsp3) is 0.200. The van der Waals surface area contributed by atoms with Gasteiger partial charge in [0.05, 0.1) is 6.07 Å². The molecular weight excluding hydrogens is 222 g/mol. The molecule has 1 N–H and O–H groups in total. The Morgan fingerprint density at radius 2 is 1.83 bits per heavy atom. The number of nitrogens with zero attached hydrogens (tertiary/aromatic N) is 2. The second-order valence-corrected chi connectivity index (χ2v) is 4.15. The zero-order valence-corrected chi connectivity index (χ0v) is 10.2. The largest absolute Gasteiger partial charge is 0.292 e. The highest BCUT2D eigenvalue weighted by atomic mass is 14.9. The Labute approximate surface area is 107 Å². The Bertz CT molecular complexity index is 516. The van der Waals surface area contributed by atoms with Crippen LogP contribution in [0, 0.1) is 11.3 Å². The van der Waals surface area contributed by atoms with Gasteiger partial charge in [-0.15, -0.1) is 0 Å². The second kappa shape index (κ2) is 5.95. The second-order valence-electron chi connectivity index (χ2n) is 4.15. The van der Waals surface area contributed by atoms with Crippen molar-refractivity contribution >= 4 is 0 Å². The van der Waals surface area contributed by atoms with E-state index in [4.69, 9.17) is 0 Å². The van der Waals surface area contributed by atoms with Crippen LogP contribution in [0.25, 0.3) is 0 Å². The zero-order chi connectivity index (χ0) is 12.8. The number of aromatic nitrogens is 1. The van der Waals surface area contributed by atoms with Crippen molar-refractivity contribution in [3.63, 3.8) is 0 Å². The van der Waals surface area contributed by atoms with E-state index in [1.165, 1.54) is 5.56 Å². The minimum atomic E-state index is -0.339. The van der Waals surface area contributed by atoms with E-state index < -0.39 is 0 Å². The Balaban J connectivity index is 2.11. The molecule has 2 aromatic rings. The van der Waals surface area contributed by atoms with Crippen molar-refractivity contribution in [3.8, 4) is 6.07 Å². The molecule has 0 saturated heterocycles. The summed E-state index contributed by atoms with van der Waals surface area (Å²) in [6.45, 7) is 2.05. The fourth-order valence-electron chi connectivity index (χ4n) is 1.84. The lowest BCUT2D eigenvalue weighted by Crippen LogP contribution is -2.23. The summed E-state index contributed by atoms with van der Waals surface area (Å²) in [5, 5.41) is 12.5. The van der Waals surface area contributed by atoms with E-state index in [0.717, 1.165) is 5.56 Å². The van der Waals surface area contributed by atoms with E-state index in [0.29, 0.717) is 0 Å². The number of nitrogens with one attached hydrogen (secondary N) is 1. The summed E-state index contributed by atoms with van der Waals surface area (Å²) in [6.07, 6.45) is 3.43. The first kappa shape index (κ1) is 12.3. The van der Waals surface area contributed by atoms with Gasteiger partial charge in [-0.05, 0) is 18.6 Å². The predicted octanol–water partition coefficient (Wildman–Crippen LogP) is 3.00. The molecule has 1 aromatic carbocycles. The smallest absolute Gasteiger partial charge is 0.123 e. The Kier molecular flexibility index (Phi) is 4.06. The minimum absolute atomic E-state index is 0.121. The molecule has 1 aromatic heterocycles. The molecule has 1 heterocycles. The molecule has 0 aliphatic heterocycles. The third-order valence-electron chi connectivity index (χ3n) is 2.86. The van der Waals surface area contributed by atoms with Gasteiger partial charge in [0, 0.05) is 24.0 Å². The van der Waals surface area contributed by atoms with E-state index >= 15 is 0 Å². The molecular formula is C15H15N3. The van der Waals surface area contributed by atoms with Crippen LogP contribution in [0.3, 0.4) is 0 Å². The maximum Gasteiger partial charge on any atom is 0.123 e. The lowest BCUT2D eigenvalue weighted by atomic mass is 10.1. The maximum atomic E-state index is 9.23. The van der Waals surface area contributed by atoms with Crippen LogP contribution >= 0.6 is 0 Å². The average molecular weight is 237 g/mol. The van der Waals surface area contributed by atoms with Gasteiger partial charge in [-0.2, -0.15) is 5.26 Å². The first-order valence-electron chi connectivity index (χ1n) is 5.92. The van der Waals surface area contributed by atoms with Crippen LogP contribution in [-0.4, -0.2) is 4.98 Å². The number of benzene rings is 1. The molecule has 0 saturated carbocycles. The molecule has 3 heteroatoms. The Morgan fingerprint density at radius 1 is 1.11 bits per heavy atom. The zero-order valence-electron chi connectivity index (χ0n) is 10.2. The van der Waals surface area contributed by atoms with Crippen molar-refractivity contribution in [2.45, 2.75) is 19.0 Å². The molecule has 0 radical (unpaired) electrons. The monoisotopic (exact) mass is 237 g/mol. The Morgan fingerprint density at radius 3 is 2.44 bits per heavy atom. The van der Waals surface area contributed by atoms with Gasteiger partial charge in [0.25, 0.3) is 0 Å². The molecule has 0 bridgehead atoms. The first-order valence-corrected chi connectivity index (χ1v) is 5.92. The van der Waals surface area contributed by atoms with Crippen molar-refractivity contribution in [1.29, 1.82) is 5.26 Å². The highest BCUT2D eigenvalue weighted by Gasteiger charge is 2.14. The van der Waals surface area contributed by atoms with Crippen LogP contribution in [0.5, 0.6) is 0 Å². The molecule has 3 nitrogen and oxygen atoms in total. The third kappa shape index (κ3) is 2.93. The van der Waals surface area contributed by atoms with Crippen molar-refractivity contribution in [1.82, 2.24) is 10.3 Å². The van der Waals surface area contributed by atoms with Crippen LogP contribution in [0.1, 0.15) is 30.1 Å². The molecule has 0 spiro atoms. The van der Waals surface area contributed by atoms with Crippen LogP contribution in [0.2, 0.25) is 0 Å². The fourth-order valence-corrected chi connectivity index (χ4v) is 1.84. The lowest BCUT2D eigenvalue weighted by Gasteiger charge is -2.18. The van der Waals surface area contributed by atoms with Crippen molar-refractivity contribution < 1.29 is 0 Å². The molecule has 0 unspecified atom stereocenters. The van der Waals surface area contributed by atoms with E-state index in [9.17, 15) is 5.26 Å². The van der Waals surface area contributed by atoms with Crippen LogP contribution in [-0.2, 0) is 0 Å². The van der Waals surface area contributed by atoms with Gasteiger partial charge in [0.1, 0.15) is 6.04 Å². The summed E-state index contributed by atoms with van der Waals surface area (Å²) < 4.78 is 0. The molecule has 0 aliphatic rings. The van der Waals surface area contributed by atoms with E-state index in [-0.39, 0.29) is 12.1 Å². The van der Waals surface area contributed by atoms with Crippen molar-refractivity contribution in [2.75, 3.05) is 0 Å². The van der Waals surface area contributed by atoms with Crippen LogP contribution < -0.4 is 5.32 Å². The SMILES string of the molecule is C[C@@H](N[C@H](C#N)c1cccnc1)c1ccccc1. The van der Waals surface area contributed by atoms with Crippen molar-refractivity contribution in [3.05, 3.63) is 66.0 Å². The van der Waals surface area contributed by atoms with Crippen molar-refractivity contribution in [2.24, 2.45) is 0 Å². The maximum absolute atomic E-state index is 9.23. The number of hydrogen-bond donors (Lipinski definition) is 1. The highest BCUT2D eigenvalue weighted by molar-refractivity contribution is 5.23. The van der Waals surface area contributed by atoms with E-state index in [1.807, 2.05) is 30.3 Å². The summed E-state index contributed by atoms with van der Waals surface area (Å²) in [5.41, 5.74) is 2.06. The molecule has 90 valence electrons. The molecule has 0 fully saturated rings. The topological polar surface area (TPSA) is 48.7 Å². The number of nitriles is 1. The van der Waals surface area contributed by atoms with Gasteiger partial charge < -0.3 is 0 Å². The summed E-state index contributed by atoms with van der Waals surface area (Å²) >= 11 is 0. The lowest BCUT2D eigenvalue weighted by molar-refractivity contribution is 0.532. The molecule has 0 aliphatic carbocycles. The van der Waals surface area contributed by atoms with Gasteiger partial charge in [-0.1, -0.05) is 36.4 Å². The standard InChI is InChI=1S/C15H15N3/c1-12(13-6-3-2-4-7-13)18-15(10-16)14-8-5-9-17-11-14/h2-9,11-12,15,18H,1H3/t12-,15-/m1/s1. The summed E-state index contributed by atoms with van der Waals surface area (Å²) in [7, 11) is 0. The molecule has 0 amide bonds. The van der Waals surface area contributed by atoms with E-state index in [1.54, 1.807) is 12.4 Å². The summed E-state index contributed by atoms with van der Waals surface area (Å²) in [4.78, 5) is 4.04. The van der Waals surface area contributed by atoms with Gasteiger partial charge in [0.15, 0.2) is 0 Å². The number of hydrogen-bond acceptors (Lipinski definition) is 3. The minimum Gasteiger partial charge on any atom is -0.292 e. The number of rotatable bonds is 4. The van der Waals surface area contributed by atoms with Crippen LogP contribution in [0.15, 0.2) is 54.9 Å². The summed E-state index contributed by atoms with van der Waals surface area (Å²) in [5.74, 6) is 0. The predicted molar refractivity (Wildman–Crippen MR) is 70.6 cm³/mol. The normalized spacial score (nSPS) is 13.6. The van der Waals surface area contributed by atoms with Gasteiger partial charge in [0.2, 0.25) is 0 Å². The van der Waals surface area contributed by atoms with Gasteiger partial charge in [-0.25, -0.2) is 0 Å². The van der Waals surface area contributed by atoms with Crippen LogP contribution in [0.4, 0.5) is 0 Å². The van der Waals surface area contributed by atoms with Gasteiger partial charge in [-0.3, -0.25) is 10.3 Å². The quantitative estimate of drug-likeness (QED) is 0.889. The molecule has 18 heavy (non-hydrogen) atoms. The van der Waals surface area contributed by atoms with Gasteiger partial charge >= 0.3 is 0 Å². The first-order chi connectivity index (χ1) is 8.81. The Hall–Kier alpha value is -2.18. The van der Waals surface area contributed by atoms with E-state index in [2.05, 4.69) is 35.4 Å². The molecule has 2 atom stereocenters. The highest BCUT2D eigenvalue weighted by Crippen LogP contribution is 2.18.